The summed E-state index contributed by atoms with van der Waals surface area (Å²) >= 11 is 0. The molecule has 102 valence electrons. The average molecular weight is 262 g/mol. The number of ether oxygens (including phenoxy) is 1. The van der Waals surface area contributed by atoms with Gasteiger partial charge in [0.25, 0.3) is 0 Å². The minimum absolute atomic E-state index is 0.0670. The van der Waals surface area contributed by atoms with Crippen LogP contribution in [-0.4, -0.2) is 31.6 Å². The van der Waals surface area contributed by atoms with Crippen LogP contribution in [-0.2, 0) is 14.3 Å². The van der Waals surface area contributed by atoms with Gasteiger partial charge in [0.2, 0.25) is 5.91 Å². The second kappa shape index (κ2) is 5.30. The Bertz CT molecular complexity index is 501. The molecule has 2 atom stereocenters. The summed E-state index contributed by atoms with van der Waals surface area (Å²) in [6.45, 7) is 3.99. The van der Waals surface area contributed by atoms with Crippen LogP contribution in [0.4, 0.5) is 11.4 Å². The molecule has 1 N–H and O–H groups in total. The first-order chi connectivity index (χ1) is 9.04. The van der Waals surface area contributed by atoms with Gasteiger partial charge < -0.3 is 15.0 Å². The third-order valence-electron chi connectivity index (χ3n) is 3.59. The first-order valence-corrected chi connectivity index (χ1v) is 6.28. The maximum atomic E-state index is 11.7. The highest BCUT2D eigenvalue weighted by atomic mass is 16.5. The van der Waals surface area contributed by atoms with Gasteiger partial charge in [-0.2, -0.15) is 0 Å². The lowest BCUT2D eigenvalue weighted by molar-refractivity contribution is -0.145. The highest BCUT2D eigenvalue weighted by molar-refractivity contribution is 6.01. The number of nitrogens with one attached hydrogen (secondary N) is 1. The van der Waals surface area contributed by atoms with Crippen LogP contribution in [0.2, 0.25) is 0 Å². The Kier molecular flexibility index (Phi) is 3.74. The van der Waals surface area contributed by atoms with Gasteiger partial charge in [0.1, 0.15) is 0 Å². The molecule has 0 saturated carbocycles. The Balaban J connectivity index is 2.30. The molecule has 1 aliphatic rings. The molecule has 1 amide bonds. The number of fused-ring (bicyclic) bond motifs is 1. The normalized spacial score (nSPS) is 17.2. The summed E-state index contributed by atoms with van der Waals surface area (Å²) in [5.74, 6) is -0.637. The summed E-state index contributed by atoms with van der Waals surface area (Å²) in [6, 6.07) is 7.47. The molecular formula is C14H18N2O3. The number of methoxy groups -OCH3 is 1. The molecule has 1 aromatic rings. The fraction of sp³-hybridized carbons (Fsp3) is 0.429. The largest absolute Gasteiger partial charge is 0.469 e. The van der Waals surface area contributed by atoms with Crippen LogP contribution in [0.15, 0.2) is 24.3 Å². The highest BCUT2D eigenvalue weighted by Crippen LogP contribution is 2.32. The van der Waals surface area contributed by atoms with Crippen LogP contribution in [0.5, 0.6) is 0 Å². The third-order valence-corrected chi connectivity index (χ3v) is 3.59. The summed E-state index contributed by atoms with van der Waals surface area (Å²) in [4.78, 5) is 25.3. The minimum Gasteiger partial charge on any atom is -0.469 e. The second-order valence-electron chi connectivity index (χ2n) is 4.75. The lowest BCUT2D eigenvalue weighted by Gasteiger charge is -2.37. The Labute approximate surface area is 112 Å². The van der Waals surface area contributed by atoms with Crippen molar-refractivity contribution in [2.75, 3.05) is 23.9 Å². The van der Waals surface area contributed by atoms with E-state index in [2.05, 4.69) is 5.32 Å². The molecule has 2 rings (SSSR count). The smallest absolute Gasteiger partial charge is 0.310 e. The zero-order chi connectivity index (χ0) is 14.0. The van der Waals surface area contributed by atoms with Crippen molar-refractivity contribution in [2.24, 2.45) is 5.92 Å². The number of anilines is 2. The topological polar surface area (TPSA) is 58.6 Å². The van der Waals surface area contributed by atoms with Crippen molar-refractivity contribution in [3.8, 4) is 0 Å². The van der Waals surface area contributed by atoms with Crippen LogP contribution in [0, 0.1) is 5.92 Å². The van der Waals surface area contributed by atoms with Gasteiger partial charge in [0.05, 0.1) is 30.9 Å². The van der Waals surface area contributed by atoms with Crippen molar-refractivity contribution in [3.05, 3.63) is 24.3 Å². The minimum atomic E-state index is -0.302. The number of esters is 1. The van der Waals surface area contributed by atoms with Gasteiger partial charge in [-0.05, 0) is 26.0 Å². The Morgan fingerprint density at radius 2 is 2.05 bits per heavy atom. The molecule has 5 nitrogen and oxygen atoms in total. The summed E-state index contributed by atoms with van der Waals surface area (Å²) < 4.78 is 4.77. The fourth-order valence-corrected chi connectivity index (χ4v) is 2.28. The van der Waals surface area contributed by atoms with Gasteiger partial charge in [-0.25, -0.2) is 0 Å². The van der Waals surface area contributed by atoms with Crippen LogP contribution in [0.25, 0.3) is 0 Å². The van der Waals surface area contributed by atoms with E-state index in [9.17, 15) is 9.59 Å². The van der Waals surface area contributed by atoms with E-state index in [1.807, 2.05) is 43.0 Å². The third kappa shape index (κ3) is 2.54. The van der Waals surface area contributed by atoms with Crippen LogP contribution < -0.4 is 10.2 Å². The maximum absolute atomic E-state index is 11.7. The van der Waals surface area contributed by atoms with Gasteiger partial charge in [0, 0.05) is 6.04 Å². The molecule has 0 saturated heterocycles. The lowest BCUT2D eigenvalue weighted by atomic mass is 10.00. The van der Waals surface area contributed by atoms with E-state index >= 15 is 0 Å². The van der Waals surface area contributed by atoms with Gasteiger partial charge >= 0.3 is 5.97 Å². The molecule has 0 bridgehead atoms. The first-order valence-electron chi connectivity index (χ1n) is 6.28. The van der Waals surface area contributed by atoms with Crippen molar-refractivity contribution in [1.29, 1.82) is 0 Å². The molecule has 0 fully saturated rings. The van der Waals surface area contributed by atoms with Crippen LogP contribution in [0.3, 0.4) is 0 Å². The fourth-order valence-electron chi connectivity index (χ4n) is 2.28. The molecule has 0 aliphatic carbocycles. The molecule has 19 heavy (non-hydrogen) atoms. The molecular weight excluding hydrogens is 244 g/mol. The number of benzene rings is 1. The van der Waals surface area contributed by atoms with Gasteiger partial charge in [0.15, 0.2) is 0 Å². The van der Waals surface area contributed by atoms with Crippen molar-refractivity contribution < 1.29 is 14.3 Å². The standard InChI is InChI=1S/C14H18N2O3/c1-9(14(18)19-3)10(2)16-8-13(17)15-11-6-4-5-7-12(11)16/h4-7,9-10H,8H2,1-3H3,(H,15,17). The summed E-state index contributed by atoms with van der Waals surface area (Å²) in [5, 5.41) is 2.83. The van der Waals surface area contributed by atoms with Crippen molar-refractivity contribution in [2.45, 2.75) is 19.9 Å². The van der Waals surface area contributed by atoms with E-state index in [4.69, 9.17) is 4.74 Å². The van der Waals surface area contributed by atoms with E-state index in [1.54, 1.807) is 0 Å². The molecule has 5 heteroatoms. The van der Waals surface area contributed by atoms with E-state index in [-0.39, 0.29) is 30.4 Å². The number of nitrogens with zero attached hydrogens (tertiary/aromatic N) is 1. The van der Waals surface area contributed by atoms with Crippen molar-refractivity contribution >= 4 is 23.3 Å². The molecule has 2 unspecified atom stereocenters. The zero-order valence-electron chi connectivity index (χ0n) is 11.3. The van der Waals surface area contributed by atoms with Gasteiger partial charge in [-0.1, -0.05) is 12.1 Å². The number of para-hydroxylation sites is 2. The van der Waals surface area contributed by atoms with Crippen molar-refractivity contribution in [3.63, 3.8) is 0 Å². The summed E-state index contributed by atoms with van der Waals surface area (Å²) in [5.41, 5.74) is 1.72. The predicted molar refractivity (Wildman–Crippen MR) is 73.1 cm³/mol. The lowest BCUT2D eigenvalue weighted by Crippen LogP contribution is -2.47. The Hall–Kier alpha value is -2.04. The van der Waals surface area contributed by atoms with E-state index in [0.717, 1.165) is 11.4 Å². The molecule has 0 aromatic heterocycles. The zero-order valence-corrected chi connectivity index (χ0v) is 11.3. The van der Waals surface area contributed by atoms with E-state index in [0.29, 0.717) is 0 Å². The molecule has 0 radical (unpaired) electrons. The number of amides is 1. The van der Waals surface area contributed by atoms with Crippen LogP contribution in [0.1, 0.15) is 13.8 Å². The molecule has 1 aliphatic heterocycles. The average Bonchev–Trinajstić information content (AvgIpc) is 2.43. The number of carbonyl (C=O) groups excluding carboxylic acids is 2. The van der Waals surface area contributed by atoms with E-state index < -0.39 is 0 Å². The van der Waals surface area contributed by atoms with Gasteiger partial charge in [-0.15, -0.1) is 0 Å². The Morgan fingerprint density at radius 1 is 1.37 bits per heavy atom. The summed E-state index contributed by atoms with van der Waals surface area (Å²) in [7, 11) is 1.38. The maximum Gasteiger partial charge on any atom is 0.310 e. The molecule has 0 spiro atoms. The number of rotatable bonds is 3. The summed E-state index contributed by atoms with van der Waals surface area (Å²) in [6.07, 6.45) is 0. The number of carbonyl (C=O) groups is 2. The van der Waals surface area contributed by atoms with E-state index in [1.165, 1.54) is 7.11 Å². The van der Waals surface area contributed by atoms with Gasteiger partial charge in [-0.3, -0.25) is 9.59 Å². The highest BCUT2D eigenvalue weighted by Gasteiger charge is 2.31. The number of hydrogen-bond donors (Lipinski definition) is 1. The second-order valence-corrected chi connectivity index (χ2v) is 4.75. The Morgan fingerprint density at radius 3 is 2.74 bits per heavy atom. The number of hydrogen-bond acceptors (Lipinski definition) is 4. The monoisotopic (exact) mass is 262 g/mol. The first kappa shape index (κ1) is 13.4. The molecule has 1 heterocycles. The SMILES string of the molecule is COC(=O)C(C)C(C)N1CC(=O)Nc2ccccc21. The van der Waals surface area contributed by atoms with Crippen LogP contribution >= 0.6 is 0 Å². The predicted octanol–water partition coefficient (Wildman–Crippen LogP) is 1.64. The quantitative estimate of drug-likeness (QED) is 0.841. The molecule has 1 aromatic carbocycles. The van der Waals surface area contributed by atoms with Crippen molar-refractivity contribution in [1.82, 2.24) is 0 Å².